The molecule has 0 aliphatic rings. The number of ether oxygens (including phenoxy) is 2. The fourth-order valence-electron chi connectivity index (χ4n) is 1.58. The Morgan fingerprint density at radius 2 is 1.89 bits per heavy atom. The van der Waals surface area contributed by atoms with Gasteiger partial charge >= 0.3 is 5.97 Å². The van der Waals surface area contributed by atoms with Crippen molar-refractivity contribution in [2.75, 3.05) is 14.2 Å². The highest BCUT2D eigenvalue weighted by Gasteiger charge is 2.13. The predicted molar refractivity (Wildman–Crippen MR) is 65.3 cm³/mol. The standard InChI is InChI=1S/C13H11FN2O3/c1-18-11-4-3-8(13(17)19-2)5-10(11)12-15-6-9(14)7-16-12/h3-7H,1-2H3. The summed E-state index contributed by atoms with van der Waals surface area (Å²) in [6.07, 6.45) is 2.10. The number of esters is 1. The first-order valence-corrected chi connectivity index (χ1v) is 5.40. The number of nitrogens with zero attached hydrogens (tertiary/aromatic N) is 2. The molecule has 0 atom stereocenters. The van der Waals surface area contributed by atoms with Gasteiger partial charge in [0.05, 0.1) is 37.7 Å². The van der Waals surface area contributed by atoms with E-state index in [2.05, 4.69) is 14.7 Å². The van der Waals surface area contributed by atoms with Gasteiger partial charge in [0.15, 0.2) is 11.6 Å². The van der Waals surface area contributed by atoms with E-state index < -0.39 is 11.8 Å². The second-order valence-electron chi connectivity index (χ2n) is 3.63. The van der Waals surface area contributed by atoms with Crippen LogP contribution in [-0.4, -0.2) is 30.2 Å². The SMILES string of the molecule is COC(=O)c1ccc(OC)c(-c2ncc(F)cn2)c1. The first-order chi connectivity index (χ1) is 9.15. The van der Waals surface area contributed by atoms with Gasteiger partial charge in [0, 0.05) is 0 Å². The number of benzene rings is 1. The van der Waals surface area contributed by atoms with Crippen molar-refractivity contribution in [3.63, 3.8) is 0 Å². The highest BCUT2D eigenvalue weighted by molar-refractivity contribution is 5.91. The third kappa shape index (κ3) is 2.67. The van der Waals surface area contributed by atoms with Crippen LogP contribution in [0.25, 0.3) is 11.4 Å². The molecule has 0 bridgehead atoms. The lowest BCUT2D eigenvalue weighted by molar-refractivity contribution is 0.0601. The van der Waals surface area contributed by atoms with Crippen LogP contribution in [-0.2, 0) is 4.74 Å². The number of carbonyl (C=O) groups excluding carboxylic acids is 1. The maximum absolute atomic E-state index is 12.8. The van der Waals surface area contributed by atoms with Crippen LogP contribution in [0.4, 0.5) is 4.39 Å². The summed E-state index contributed by atoms with van der Waals surface area (Å²) in [7, 11) is 2.78. The lowest BCUT2D eigenvalue weighted by Crippen LogP contribution is -2.02. The molecule has 0 unspecified atom stereocenters. The number of halogens is 1. The molecule has 6 heteroatoms. The zero-order chi connectivity index (χ0) is 13.8. The molecule has 1 aromatic heterocycles. The summed E-state index contributed by atoms with van der Waals surface area (Å²) >= 11 is 0. The number of hydrogen-bond acceptors (Lipinski definition) is 5. The molecule has 0 radical (unpaired) electrons. The molecule has 98 valence electrons. The van der Waals surface area contributed by atoms with E-state index in [0.29, 0.717) is 16.9 Å². The fraction of sp³-hybridized carbons (Fsp3) is 0.154. The van der Waals surface area contributed by atoms with Gasteiger partial charge in [-0.2, -0.15) is 0 Å². The normalized spacial score (nSPS) is 10.1. The van der Waals surface area contributed by atoms with Crippen LogP contribution < -0.4 is 4.74 Å². The van der Waals surface area contributed by atoms with Crippen LogP contribution in [0, 0.1) is 5.82 Å². The highest BCUT2D eigenvalue weighted by Crippen LogP contribution is 2.28. The van der Waals surface area contributed by atoms with Gasteiger partial charge in [0.1, 0.15) is 5.75 Å². The summed E-state index contributed by atoms with van der Waals surface area (Å²) < 4.78 is 22.6. The average Bonchev–Trinajstić information content (AvgIpc) is 2.46. The molecule has 19 heavy (non-hydrogen) atoms. The Bertz CT molecular complexity index is 599. The first kappa shape index (κ1) is 12.9. The summed E-state index contributed by atoms with van der Waals surface area (Å²) in [5, 5.41) is 0. The third-order valence-corrected chi connectivity index (χ3v) is 2.48. The molecule has 0 fully saturated rings. The number of rotatable bonds is 3. The van der Waals surface area contributed by atoms with Crippen LogP contribution in [0.15, 0.2) is 30.6 Å². The Kier molecular flexibility index (Phi) is 3.70. The van der Waals surface area contributed by atoms with Crippen molar-refractivity contribution in [3.8, 4) is 17.1 Å². The minimum absolute atomic E-state index is 0.268. The van der Waals surface area contributed by atoms with Crippen molar-refractivity contribution in [3.05, 3.63) is 42.0 Å². The van der Waals surface area contributed by atoms with Crippen molar-refractivity contribution in [2.24, 2.45) is 0 Å². The number of carbonyl (C=O) groups is 1. The second-order valence-corrected chi connectivity index (χ2v) is 3.63. The molecular weight excluding hydrogens is 251 g/mol. The monoisotopic (exact) mass is 262 g/mol. The van der Waals surface area contributed by atoms with Crippen LogP contribution in [0.1, 0.15) is 10.4 Å². The average molecular weight is 262 g/mol. The Balaban J connectivity index is 2.52. The van der Waals surface area contributed by atoms with Crippen molar-refractivity contribution < 1.29 is 18.7 Å². The summed E-state index contributed by atoms with van der Waals surface area (Å²) in [6, 6.07) is 4.71. The molecule has 0 saturated carbocycles. The van der Waals surface area contributed by atoms with Gasteiger partial charge in [-0.3, -0.25) is 0 Å². The van der Waals surface area contributed by atoms with Crippen molar-refractivity contribution in [2.45, 2.75) is 0 Å². The quantitative estimate of drug-likeness (QED) is 0.792. The molecule has 2 rings (SSSR count). The lowest BCUT2D eigenvalue weighted by atomic mass is 10.1. The van der Waals surface area contributed by atoms with E-state index in [-0.39, 0.29) is 5.82 Å². The molecule has 0 saturated heterocycles. The van der Waals surface area contributed by atoms with Crippen molar-refractivity contribution in [1.82, 2.24) is 9.97 Å². The van der Waals surface area contributed by atoms with Crippen LogP contribution >= 0.6 is 0 Å². The Hall–Kier alpha value is -2.50. The number of hydrogen-bond donors (Lipinski definition) is 0. The Labute approximate surface area is 109 Å². The van der Waals surface area contributed by atoms with E-state index in [9.17, 15) is 9.18 Å². The largest absolute Gasteiger partial charge is 0.496 e. The molecule has 0 spiro atoms. The molecule has 1 aromatic carbocycles. The summed E-state index contributed by atoms with van der Waals surface area (Å²) in [5.74, 6) is -0.263. The van der Waals surface area contributed by atoms with Gasteiger partial charge in [-0.15, -0.1) is 0 Å². The molecule has 0 amide bonds. The third-order valence-electron chi connectivity index (χ3n) is 2.48. The van der Waals surface area contributed by atoms with E-state index in [4.69, 9.17) is 4.74 Å². The lowest BCUT2D eigenvalue weighted by Gasteiger charge is -2.08. The molecule has 5 nitrogen and oxygen atoms in total. The van der Waals surface area contributed by atoms with Gasteiger partial charge in [0.25, 0.3) is 0 Å². The first-order valence-electron chi connectivity index (χ1n) is 5.40. The maximum atomic E-state index is 12.8. The van der Waals surface area contributed by atoms with Gasteiger partial charge in [0.2, 0.25) is 0 Å². The van der Waals surface area contributed by atoms with Crippen molar-refractivity contribution in [1.29, 1.82) is 0 Å². The zero-order valence-electron chi connectivity index (χ0n) is 10.4. The van der Waals surface area contributed by atoms with E-state index in [1.54, 1.807) is 12.1 Å². The highest BCUT2D eigenvalue weighted by atomic mass is 19.1. The molecule has 0 aliphatic carbocycles. The topological polar surface area (TPSA) is 61.3 Å². The number of aromatic nitrogens is 2. The minimum atomic E-state index is -0.535. The summed E-state index contributed by atoms with van der Waals surface area (Å²) in [6.45, 7) is 0. The smallest absolute Gasteiger partial charge is 0.337 e. The summed E-state index contributed by atoms with van der Waals surface area (Å²) in [4.78, 5) is 19.2. The fourth-order valence-corrected chi connectivity index (χ4v) is 1.58. The minimum Gasteiger partial charge on any atom is -0.496 e. The van der Waals surface area contributed by atoms with Crippen LogP contribution in [0.3, 0.4) is 0 Å². The van der Waals surface area contributed by atoms with E-state index >= 15 is 0 Å². The maximum Gasteiger partial charge on any atom is 0.337 e. The van der Waals surface area contributed by atoms with Gasteiger partial charge in [-0.05, 0) is 18.2 Å². The molecule has 2 aromatic rings. The number of methoxy groups -OCH3 is 2. The predicted octanol–water partition coefficient (Wildman–Crippen LogP) is 2.08. The van der Waals surface area contributed by atoms with E-state index in [1.807, 2.05) is 0 Å². The Morgan fingerprint density at radius 1 is 1.21 bits per heavy atom. The van der Waals surface area contributed by atoms with Gasteiger partial charge in [-0.25, -0.2) is 19.2 Å². The van der Waals surface area contributed by atoms with E-state index in [1.165, 1.54) is 20.3 Å². The molecule has 1 heterocycles. The van der Waals surface area contributed by atoms with Crippen LogP contribution in [0.5, 0.6) is 5.75 Å². The summed E-state index contributed by atoms with van der Waals surface area (Å²) in [5.41, 5.74) is 0.830. The zero-order valence-corrected chi connectivity index (χ0v) is 10.4. The molecule has 0 aliphatic heterocycles. The molecule has 0 N–H and O–H groups in total. The van der Waals surface area contributed by atoms with Gasteiger partial charge in [-0.1, -0.05) is 0 Å². The molecular formula is C13H11FN2O3. The van der Waals surface area contributed by atoms with Gasteiger partial charge < -0.3 is 9.47 Å². The second kappa shape index (κ2) is 5.43. The Morgan fingerprint density at radius 3 is 2.47 bits per heavy atom. The van der Waals surface area contributed by atoms with E-state index in [0.717, 1.165) is 12.4 Å². The van der Waals surface area contributed by atoms with Crippen molar-refractivity contribution >= 4 is 5.97 Å². The van der Waals surface area contributed by atoms with Crippen LogP contribution in [0.2, 0.25) is 0 Å².